The first kappa shape index (κ1) is 13.8. The van der Waals surface area contributed by atoms with Crippen LogP contribution in [-0.4, -0.2) is 26.2 Å². The smallest absolute Gasteiger partial charge is 0.271 e. The van der Waals surface area contributed by atoms with Crippen LogP contribution in [0.15, 0.2) is 64.7 Å². The van der Waals surface area contributed by atoms with E-state index in [-0.39, 0.29) is 5.91 Å². The van der Waals surface area contributed by atoms with Crippen molar-refractivity contribution >= 4 is 27.5 Å². The molecule has 4 heterocycles. The predicted molar refractivity (Wildman–Crippen MR) is 88.6 cm³/mol. The number of rotatable bonds is 2. The first-order chi connectivity index (χ1) is 11.2. The van der Waals surface area contributed by atoms with E-state index in [1.165, 1.54) is 0 Å². The van der Waals surface area contributed by atoms with Gasteiger partial charge in [-0.05, 0) is 46.3 Å². The SMILES string of the molecule is O=C(N/N=C1/c2cc(Br)cnc2-n2cccc21)c1ccncc1. The Morgan fingerprint density at radius 3 is 2.91 bits per heavy atom. The van der Waals surface area contributed by atoms with Crippen LogP contribution in [0.4, 0.5) is 0 Å². The van der Waals surface area contributed by atoms with E-state index in [2.05, 4.69) is 36.4 Å². The van der Waals surface area contributed by atoms with E-state index in [0.717, 1.165) is 21.5 Å². The third kappa shape index (κ3) is 2.35. The molecule has 1 amide bonds. The highest BCUT2D eigenvalue weighted by atomic mass is 79.9. The van der Waals surface area contributed by atoms with Crippen LogP contribution in [-0.2, 0) is 0 Å². The first-order valence-electron chi connectivity index (χ1n) is 6.86. The zero-order valence-corrected chi connectivity index (χ0v) is 13.4. The van der Waals surface area contributed by atoms with E-state index in [1.807, 2.05) is 29.0 Å². The maximum absolute atomic E-state index is 12.2. The molecule has 1 aliphatic heterocycles. The van der Waals surface area contributed by atoms with Crippen molar-refractivity contribution in [2.45, 2.75) is 0 Å². The lowest BCUT2D eigenvalue weighted by Gasteiger charge is -2.02. The molecular weight excluding hydrogens is 358 g/mol. The Morgan fingerprint density at radius 1 is 1.26 bits per heavy atom. The number of pyridine rings is 2. The standard InChI is InChI=1S/C16H10BrN5O/c17-11-8-12-14(13-2-1-7-22(13)15(12)19-9-11)20-21-16(23)10-3-5-18-6-4-10/h1-9H,(H,21,23)/b20-14-. The largest absolute Gasteiger partial charge is 0.299 e. The minimum atomic E-state index is -0.283. The van der Waals surface area contributed by atoms with Gasteiger partial charge in [0.05, 0.1) is 5.69 Å². The monoisotopic (exact) mass is 367 g/mol. The van der Waals surface area contributed by atoms with E-state index >= 15 is 0 Å². The lowest BCUT2D eigenvalue weighted by molar-refractivity contribution is 0.0955. The van der Waals surface area contributed by atoms with Crippen LogP contribution in [0.25, 0.3) is 5.82 Å². The maximum atomic E-state index is 12.2. The Labute approximate surface area is 140 Å². The lowest BCUT2D eigenvalue weighted by Crippen LogP contribution is -2.20. The average molecular weight is 368 g/mol. The topological polar surface area (TPSA) is 72.2 Å². The molecule has 0 saturated carbocycles. The minimum absolute atomic E-state index is 0.283. The molecule has 23 heavy (non-hydrogen) atoms. The number of hydrogen-bond donors (Lipinski definition) is 1. The fourth-order valence-electron chi connectivity index (χ4n) is 2.49. The summed E-state index contributed by atoms with van der Waals surface area (Å²) >= 11 is 3.42. The molecule has 1 N–H and O–H groups in total. The zero-order valence-electron chi connectivity index (χ0n) is 11.8. The van der Waals surface area contributed by atoms with E-state index < -0.39 is 0 Å². The summed E-state index contributed by atoms with van der Waals surface area (Å²) in [6.45, 7) is 0. The number of nitrogens with zero attached hydrogens (tertiary/aromatic N) is 4. The zero-order chi connectivity index (χ0) is 15.8. The van der Waals surface area contributed by atoms with Crippen LogP contribution in [0.2, 0.25) is 0 Å². The summed E-state index contributed by atoms with van der Waals surface area (Å²) in [7, 11) is 0. The van der Waals surface area contributed by atoms with Crippen molar-refractivity contribution in [3.63, 3.8) is 0 Å². The van der Waals surface area contributed by atoms with Crippen molar-refractivity contribution in [2.24, 2.45) is 5.10 Å². The maximum Gasteiger partial charge on any atom is 0.271 e. The molecule has 3 aromatic rings. The van der Waals surface area contributed by atoms with Gasteiger partial charge in [-0.3, -0.25) is 14.3 Å². The Bertz CT molecular complexity index is 933. The minimum Gasteiger partial charge on any atom is -0.299 e. The van der Waals surface area contributed by atoms with Gasteiger partial charge in [0.1, 0.15) is 11.5 Å². The molecule has 0 radical (unpaired) electrons. The van der Waals surface area contributed by atoms with E-state index in [0.29, 0.717) is 11.3 Å². The Morgan fingerprint density at radius 2 is 2.09 bits per heavy atom. The van der Waals surface area contributed by atoms with E-state index in [4.69, 9.17) is 0 Å². The Hall–Kier alpha value is -2.80. The van der Waals surface area contributed by atoms with Gasteiger partial charge in [0.2, 0.25) is 0 Å². The molecule has 0 aliphatic carbocycles. The molecule has 4 rings (SSSR count). The summed E-state index contributed by atoms with van der Waals surface area (Å²) in [5.74, 6) is 0.513. The number of aromatic nitrogens is 3. The molecule has 0 saturated heterocycles. The van der Waals surface area contributed by atoms with Gasteiger partial charge >= 0.3 is 0 Å². The summed E-state index contributed by atoms with van der Waals surface area (Å²) < 4.78 is 2.80. The number of carbonyl (C=O) groups is 1. The van der Waals surface area contributed by atoms with Gasteiger partial charge in [0.15, 0.2) is 0 Å². The normalized spacial score (nSPS) is 13.7. The third-order valence-electron chi connectivity index (χ3n) is 3.52. The number of halogens is 1. The van der Waals surface area contributed by atoms with Crippen molar-refractivity contribution < 1.29 is 4.79 Å². The Balaban J connectivity index is 1.72. The number of fused-ring (bicyclic) bond motifs is 3. The molecule has 112 valence electrons. The summed E-state index contributed by atoms with van der Waals surface area (Å²) in [5, 5.41) is 4.31. The fraction of sp³-hybridized carbons (Fsp3) is 0. The molecule has 0 atom stereocenters. The second-order valence-electron chi connectivity index (χ2n) is 4.93. The van der Waals surface area contributed by atoms with Crippen LogP contribution in [0.3, 0.4) is 0 Å². The summed E-state index contributed by atoms with van der Waals surface area (Å²) in [4.78, 5) is 20.5. The predicted octanol–water partition coefficient (Wildman–Crippen LogP) is 2.53. The lowest BCUT2D eigenvalue weighted by atomic mass is 10.1. The van der Waals surface area contributed by atoms with Gasteiger partial charge in [0, 0.05) is 40.4 Å². The molecule has 1 aliphatic rings. The van der Waals surface area contributed by atoms with Gasteiger partial charge in [-0.2, -0.15) is 5.10 Å². The second kappa shape index (κ2) is 5.44. The quantitative estimate of drug-likeness (QED) is 0.553. The summed E-state index contributed by atoms with van der Waals surface area (Å²) in [6, 6.07) is 9.07. The van der Waals surface area contributed by atoms with Crippen molar-refractivity contribution in [2.75, 3.05) is 0 Å². The number of amides is 1. The van der Waals surface area contributed by atoms with E-state index in [1.54, 1.807) is 30.7 Å². The number of carbonyl (C=O) groups excluding carboxylic acids is 1. The molecular formula is C16H10BrN5O. The van der Waals surface area contributed by atoms with Crippen molar-refractivity contribution in [1.82, 2.24) is 20.0 Å². The van der Waals surface area contributed by atoms with Gasteiger partial charge in [-0.1, -0.05) is 0 Å². The molecule has 0 spiro atoms. The van der Waals surface area contributed by atoms with Crippen molar-refractivity contribution in [1.29, 1.82) is 0 Å². The van der Waals surface area contributed by atoms with Crippen LogP contribution in [0, 0.1) is 0 Å². The number of nitrogens with one attached hydrogen (secondary N) is 1. The fourth-order valence-corrected chi connectivity index (χ4v) is 2.82. The third-order valence-corrected chi connectivity index (χ3v) is 3.95. The van der Waals surface area contributed by atoms with Crippen molar-refractivity contribution in [3.05, 3.63) is 76.4 Å². The van der Waals surface area contributed by atoms with E-state index in [9.17, 15) is 4.79 Å². The molecule has 0 bridgehead atoms. The van der Waals surface area contributed by atoms with Crippen LogP contribution >= 0.6 is 15.9 Å². The van der Waals surface area contributed by atoms with Crippen molar-refractivity contribution in [3.8, 4) is 5.82 Å². The number of hydrazone groups is 1. The molecule has 3 aromatic heterocycles. The van der Waals surface area contributed by atoms with Gasteiger partial charge in [0.25, 0.3) is 5.91 Å². The second-order valence-corrected chi connectivity index (χ2v) is 5.84. The number of hydrogen-bond acceptors (Lipinski definition) is 4. The first-order valence-corrected chi connectivity index (χ1v) is 7.65. The molecule has 6 nitrogen and oxygen atoms in total. The van der Waals surface area contributed by atoms with Gasteiger partial charge < -0.3 is 0 Å². The molecule has 0 fully saturated rings. The highest BCUT2D eigenvalue weighted by molar-refractivity contribution is 9.10. The molecule has 0 unspecified atom stereocenters. The van der Waals surface area contributed by atoms with Gasteiger partial charge in [-0.25, -0.2) is 10.4 Å². The molecule has 7 heteroatoms. The van der Waals surface area contributed by atoms with Crippen LogP contribution in [0.1, 0.15) is 21.6 Å². The highest BCUT2D eigenvalue weighted by Gasteiger charge is 2.26. The van der Waals surface area contributed by atoms with Gasteiger partial charge in [-0.15, -0.1) is 0 Å². The Kier molecular flexibility index (Phi) is 3.27. The summed E-state index contributed by atoms with van der Waals surface area (Å²) in [5.41, 5.74) is 5.54. The van der Waals surface area contributed by atoms with Crippen LogP contribution in [0.5, 0.6) is 0 Å². The summed E-state index contributed by atoms with van der Waals surface area (Å²) in [6.07, 6.45) is 6.79. The highest BCUT2D eigenvalue weighted by Crippen LogP contribution is 2.28. The average Bonchev–Trinajstić information content (AvgIpc) is 3.14. The van der Waals surface area contributed by atoms with Crippen LogP contribution < -0.4 is 5.43 Å². The molecule has 0 aromatic carbocycles.